The number of benzene rings is 1. The van der Waals surface area contributed by atoms with Gasteiger partial charge in [0.25, 0.3) is 0 Å². The number of carbonyl (C=O) groups excluding carboxylic acids is 1. The predicted octanol–water partition coefficient (Wildman–Crippen LogP) is 0.754. The minimum absolute atomic E-state index is 0.0345. The number of ether oxygens (including phenoxy) is 1. The molecule has 1 amide bonds. The molecule has 3 rings (SSSR count). The molecule has 0 saturated carbocycles. The van der Waals surface area contributed by atoms with Crippen molar-refractivity contribution in [3.63, 3.8) is 0 Å². The Hall–Kier alpha value is -2.36. The second-order valence-electron chi connectivity index (χ2n) is 8.29. The van der Waals surface area contributed by atoms with E-state index in [9.17, 15) is 14.3 Å². The van der Waals surface area contributed by atoms with Crippen LogP contribution in [-0.4, -0.2) is 54.8 Å². The average Bonchev–Trinajstić information content (AvgIpc) is 2.78. The minimum atomic E-state index is -0.467. The molecule has 7 N–H and O–H groups in total. The van der Waals surface area contributed by atoms with Gasteiger partial charge in [-0.25, -0.2) is 4.39 Å². The molecule has 0 aliphatic carbocycles. The van der Waals surface area contributed by atoms with E-state index >= 15 is 0 Å². The number of halogens is 1. The van der Waals surface area contributed by atoms with Crippen LogP contribution in [0.3, 0.4) is 0 Å². The Labute approximate surface area is 182 Å². The molecule has 1 aromatic carbocycles. The van der Waals surface area contributed by atoms with Crippen molar-refractivity contribution in [2.45, 2.75) is 44.6 Å². The van der Waals surface area contributed by atoms with Crippen LogP contribution in [0.15, 0.2) is 29.6 Å². The minimum Gasteiger partial charge on any atom is -0.493 e. The molecule has 2 aliphatic heterocycles. The first-order valence-corrected chi connectivity index (χ1v) is 11.0. The number of nitrogens with one attached hydrogen (secondary N) is 2. The van der Waals surface area contributed by atoms with Crippen molar-refractivity contribution in [2.75, 3.05) is 32.8 Å². The van der Waals surface area contributed by atoms with Crippen molar-refractivity contribution >= 4 is 5.91 Å². The summed E-state index contributed by atoms with van der Waals surface area (Å²) in [5.74, 6) is 5.52. The highest BCUT2D eigenvalue weighted by molar-refractivity contribution is 5.79. The lowest BCUT2D eigenvalue weighted by Gasteiger charge is -2.29. The number of piperidine rings is 1. The SMILES string of the molecule is NNC1=C(N)CN(C(=O)Cc2ccc(OCCCC(O)C3CCNCC3)cc2F)CC1. The Balaban J connectivity index is 1.43. The van der Waals surface area contributed by atoms with Crippen molar-refractivity contribution in [2.24, 2.45) is 17.5 Å². The number of hydrogen-bond acceptors (Lipinski definition) is 7. The van der Waals surface area contributed by atoms with Crippen LogP contribution < -0.4 is 27.1 Å². The zero-order valence-corrected chi connectivity index (χ0v) is 17.9. The second kappa shape index (κ2) is 11.3. The van der Waals surface area contributed by atoms with Gasteiger partial charge >= 0.3 is 0 Å². The fourth-order valence-corrected chi connectivity index (χ4v) is 4.15. The molecule has 1 saturated heterocycles. The number of rotatable bonds is 9. The number of aliphatic hydroxyl groups excluding tert-OH is 1. The molecule has 0 aromatic heterocycles. The lowest BCUT2D eigenvalue weighted by Crippen LogP contribution is -2.43. The molecule has 2 heterocycles. The molecule has 0 spiro atoms. The van der Waals surface area contributed by atoms with E-state index in [-0.39, 0.29) is 25.0 Å². The third kappa shape index (κ3) is 6.56. The van der Waals surface area contributed by atoms with Crippen LogP contribution in [0.4, 0.5) is 4.39 Å². The fraction of sp³-hybridized carbons (Fsp3) is 0.591. The Morgan fingerprint density at radius 3 is 2.84 bits per heavy atom. The van der Waals surface area contributed by atoms with E-state index in [1.165, 1.54) is 6.07 Å². The standard InChI is InChI=1S/C22H34FN5O3/c23-18-13-17(31-11-1-2-21(29)15-5-8-26-9-6-15)4-3-16(18)12-22(30)28-10-7-20(27-25)19(24)14-28/h3-4,13,15,21,26-27,29H,1-2,5-12,14,24-25H2. The van der Waals surface area contributed by atoms with Crippen LogP contribution in [0.1, 0.15) is 37.7 Å². The highest BCUT2D eigenvalue weighted by Gasteiger charge is 2.23. The number of amides is 1. The van der Waals surface area contributed by atoms with Gasteiger partial charge in [0.15, 0.2) is 0 Å². The third-order valence-corrected chi connectivity index (χ3v) is 6.11. The van der Waals surface area contributed by atoms with E-state index in [0.29, 0.717) is 55.3 Å². The molecule has 1 unspecified atom stereocenters. The van der Waals surface area contributed by atoms with Gasteiger partial charge in [-0.2, -0.15) is 0 Å². The predicted molar refractivity (Wildman–Crippen MR) is 116 cm³/mol. The topological polar surface area (TPSA) is 126 Å². The van der Waals surface area contributed by atoms with Crippen molar-refractivity contribution < 1.29 is 19.0 Å². The Bertz CT molecular complexity index is 782. The molecule has 8 nitrogen and oxygen atoms in total. The highest BCUT2D eigenvalue weighted by atomic mass is 19.1. The largest absolute Gasteiger partial charge is 0.493 e. The zero-order chi connectivity index (χ0) is 22.2. The van der Waals surface area contributed by atoms with Crippen LogP contribution in [0.2, 0.25) is 0 Å². The first-order chi connectivity index (χ1) is 15.0. The normalized spacial score (nSPS) is 18.7. The molecular weight excluding hydrogens is 401 g/mol. The van der Waals surface area contributed by atoms with Crippen molar-refractivity contribution in [1.29, 1.82) is 0 Å². The molecular formula is C22H34FN5O3. The zero-order valence-electron chi connectivity index (χ0n) is 17.9. The maximum atomic E-state index is 14.5. The Kier molecular flexibility index (Phi) is 8.51. The lowest BCUT2D eigenvalue weighted by molar-refractivity contribution is -0.130. The second-order valence-corrected chi connectivity index (χ2v) is 8.29. The number of carbonyl (C=O) groups is 1. The number of nitrogens with zero attached hydrogens (tertiary/aromatic N) is 1. The third-order valence-electron chi connectivity index (χ3n) is 6.11. The number of hydrogen-bond donors (Lipinski definition) is 5. The van der Waals surface area contributed by atoms with E-state index in [2.05, 4.69) is 10.7 Å². The fourth-order valence-electron chi connectivity index (χ4n) is 4.15. The average molecular weight is 436 g/mol. The molecule has 0 bridgehead atoms. The summed E-state index contributed by atoms with van der Waals surface area (Å²) < 4.78 is 20.1. The van der Waals surface area contributed by atoms with Gasteiger partial charge in [0, 0.05) is 30.4 Å². The summed E-state index contributed by atoms with van der Waals surface area (Å²) in [6.45, 7) is 3.10. The summed E-state index contributed by atoms with van der Waals surface area (Å²) in [6, 6.07) is 4.57. The molecule has 1 aromatic rings. The maximum Gasteiger partial charge on any atom is 0.227 e. The van der Waals surface area contributed by atoms with Crippen LogP contribution >= 0.6 is 0 Å². The van der Waals surface area contributed by atoms with Crippen molar-refractivity contribution in [1.82, 2.24) is 15.6 Å². The molecule has 31 heavy (non-hydrogen) atoms. The number of nitrogens with two attached hydrogens (primary N) is 2. The van der Waals surface area contributed by atoms with Gasteiger partial charge in [-0.3, -0.25) is 10.6 Å². The Morgan fingerprint density at radius 1 is 1.39 bits per heavy atom. The summed E-state index contributed by atoms with van der Waals surface area (Å²) in [5.41, 5.74) is 10.0. The maximum absolute atomic E-state index is 14.5. The van der Waals surface area contributed by atoms with Gasteiger partial charge < -0.3 is 31.2 Å². The summed E-state index contributed by atoms with van der Waals surface area (Å²) in [7, 11) is 0. The van der Waals surface area contributed by atoms with E-state index in [1.807, 2.05) is 0 Å². The molecule has 9 heteroatoms. The smallest absolute Gasteiger partial charge is 0.227 e. The van der Waals surface area contributed by atoms with Gasteiger partial charge in [0.1, 0.15) is 11.6 Å². The highest BCUT2D eigenvalue weighted by Crippen LogP contribution is 2.22. The van der Waals surface area contributed by atoms with Crippen LogP contribution in [0, 0.1) is 11.7 Å². The monoisotopic (exact) mass is 435 g/mol. The molecule has 0 radical (unpaired) electrons. The van der Waals surface area contributed by atoms with Gasteiger partial charge in [-0.15, -0.1) is 0 Å². The summed E-state index contributed by atoms with van der Waals surface area (Å²) in [4.78, 5) is 14.1. The van der Waals surface area contributed by atoms with Crippen LogP contribution in [-0.2, 0) is 11.2 Å². The first-order valence-electron chi connectivity index (χ1n) is 11.0. The first kappa shape index (κ1) is 23.3. The molecule has 172 valence electrons. The van der Waals surface area contributed by atoms with Crippen LogP contribution in [0.5, 0.6) is 5.75 Å². The van der Waals surface area contributed by atoms with Crippen molar-refractivity contribution in [3.05, 3.63) is 41.0 Å². The summed E-state index contributed by atoms with van der Waals surface area (Å²) in [5, 5.41) is 13.6. The summed E-state index contributed by atoms with van der Waals surface area (Å²) >= 11 is 0. The molecule has 2 aliphatic rings. The van der Waals surface area contributed by atoms with Gasteiger partial charge in [0.2, 0.25) is 5.91 Å². The van der Waals surface area contributed by atoms with E-state index in [0.717, 1.165) is 31.6 Å². The van der Waals surface area contributed by atoms with Gasteiger partial charge in [-0.05, 0) is 56.3 Å². The quantitative estimate of drug-likeness (QED) is 0.220. The van der Waals surface area contributed by atoms with Gasteiger partial charge in [-0.1, -0.05) is 6.07 Å². The number of aliphatic hydroxyl groups is 1. The van der Waals surface area contributed by atoms with E-state index < -0.39 is 5.82 Å². The van der Waals surface area contributed by atoms with E-state index in [4.69, 9.17) is 16.3 Å². The van der Waals surface area contributed by atoms with Gasteiger partial charge in [0.05, 0.1) is 25.7 Å². The van der Waals surface area contributed by atoms with Crippen LogP contribution in [0.25, 0.3) is 0 Å². The van der Waals surface area contributed by atoms with Crippen molar-refractivity contribution in [3.8, 4) is 5.75 Å². The lowest BCUT2D eigenvalue weighted by atomic mass is 9.90. The van der Waals surface area contributed by atoms with E-state index in [1.54, 1.807) is 17.0 Å². The molecule has 1 atom stereocenters. The molecule has 1 fully saturated rings. The Morgan fingerprint density at radius 2 is 2.16 bits per heavy atom. The number of hydrazine groups is 1. The summed E-state index contributed by atoms with van der Waals surface area (Å²) in [6.07, 6.45) is 3.58.